The number of aryl methyl sites for hydroxylation is 1. The highest BCUT2D eigenvalue weighted by molar-refractivity contribution is 5.82. The molecule has 1 N–H and O–H groups in total. The maximum Gasteiger partial charge on any atom is 0.323 e. The highest BCUT2D eigenvalue weighted by Gasteiger charge is 2.15. The number of carboxylic acid groups (broad SMARTS) is 1. The lowest BCUT2D eigenvalue weighted by molar-refractivity contribution is -0.137. The molecule has 0 aliphatic heterocycles. The maximum atomic E-state index is 13.6. The summed E-state index contributed by atoms with van der Waals surface area (Å²) in [5.41, 5.74) is 2.75. The Hall–Kier alpha value is -2.69. The summed E-state index contributed by atoms with van der Waals surface area (Å²) in [6.07, 6.45) is 0. The molecule has 1 aromatic heterocycles. The molecular weight excluding hydrogens is 271 g/mol. The molecule has 0 radical (unpaired) electrons. The van der Waals surface area contributed by atoms with Crippen LogP contribution in [-0.2, 0) is 11.3 Å². The van der Waals surface area contributed by atoms with Gasteiger partial charge < -0.3 is 9.67 Å². The topological polar surface area (TPSA) is 55.1 Å². The molecule has 5 heteroatoms. The molecule has 0 amide bonds. The molecule has 0 saturated heterocycles. The van der Waals surface area contributed by atoms with Crippen LogP contribution < -0.4 is 0 Å². The van der Waals surface area contributed by atoms with Crippen LogP contribution >= 0.6 is 0 Å². The van der Waals surface area contributed by atoms with Crippen molar-refractivity contribution in [2.75, 3.05) is 0 Å². The summed E-state index contributed by atoms with van der Waals surface area (Å²) < 4.78 is 15.2. The van der Waals surface area contributed by atoms with Crippen LogP contribution in [0.5, 0.6) is 0 Å². The quantitative estimate of drug-likeness (QED) is 0.803. The van der Waals surface area contributed by atoms with Crippen molar-refractivity contribution in [1.82, 2.24) is 9.55 Å². The first-order valence-corrected chi connectivity index (χ1v) is 6.49. The summed E-state index contributed by atoms with van der Waals surface area (Å²) in [6.45, 7) is 1.57. The van der Waals surface area contributed by atoms with Gasteiger partial charge in [-0.2, -0.15) is 0 Å². The highest BCUT2D eigenvalue weighted by Crippen LogP contribution is 2.26. The van der Waals surface area contributed by atoms with Crippen molar-refractivity contribution in [3.63, 3.8) is 0 Å². The van der Waals surface area contributed by atoms with Gasteiger partial charge >= 0.3 is 5.97 Å². The van der Waals surface area contributed by atoms with E-state index in [0.29, 0.717) is 16.9 Å². The van der Waals surface area contributed by atoms with E-state index in [1.54, 1.807) is 23.6 Å². The number of aromatic nitrogens is 2. The Morgan fingerprint density at radius 2 is 2.05 bits per heavy atom. The molecular formula is C16H13FN2O2. The van der Waals surface area contributed by atoms with Crippen molar-refractivity contribution < 1.29 is 14.3 Å². The minimum atomic E-state index is -0.965. The number of carbonyl (C=O) groups is 1. The standard InChI is InChI=1S/C16H13FN2O2/c1-10-6-11(8-12(17)7-10)16-18-13-4-2-3-5-14(13)19(16)9-15(20)21/h2-8H,9H2,1H3,(H,20,21). The van der Waals surface area contributed by atoms with E-state index in [2.05, 4.69) is 4.98 Å². The summed E-state index contributed by atoms with van der Waals surface area (Å²) in [5.74, 6) is -0.868. The van der Waals surface area contributed by atoms with Crippen molar-refractivity contribution >= 4 is 17.0 Å². The van der Waals surface area contributed by atoms with Crippen molar-refractivity contribution in [2.24, 2.45) is 0 Å². The molecule has 0 fully saturated rings. The van der Waals surface area contributed by atoms with Gasteiger partial charge in [0.15, 0.2) is 0 Å². The molecule has 106 valence electrons. The molecule has 3 aromatic rings. The highest BCUT2D eigenvalue weighted by atomic mass is 19.1. The summed E-state index contributed by atoms with van der Waals surface area (Å²) in [5, 5.41) is 9.10. The second-order valence-electron chi connectivity index (χ2n) is 4.92. The summed E-state index contributed by atoms with van der Waals surface area (Å²) in [4.78, 5) is 15.6. The predicted molar refractivity (Wildman–Crippen MR) is 77.5 cm³/mol. The number of imidazole rings is 1. The molecule has 3 rings (SSSR count). The van der Waals surface area contributed by atoms with Gasteiger partial charge in [-0.15, -0.1) is 0 Å². The van der Waals surface area contributed by atoms with Gasteiger partial charge in [-0.3, -0.25) is 4.79 Å². The van der Waals surface area contributed by atoms with Gasteiger partial charge in [0.1, 0.15) is 18.2 Å². The Morgan fingerprint density at radius 3 is 2.76 bits per heavy atom. The number of rotatable bonds is 3. The summed E-state index contributed by atoms with van der Waals surface area (Å²) in [6, 6.07) is 11.9. The fourth-order valence-corrected chi connectivity index (χ4v) is 2.46. The third-order valence-corrected chi connectivity index (χ3v) is 3.25. The molecule has 0 bridgehead atoms. The van der Waals surface area contributed by atoms with Gasteiger partial charge in [0.05, 0.1) is 11.0 Å². The van der Waals surface area contributed by atoms with E-state index in [9.17, 15) is 9.18 Å². The first-order chi connectivity index (χ1) is 10.0. The van der Waals surface area contributed by atoms with Crippen LogP contribution in [-0.4, -0.2) is 20.6 Å². The molecule has 4 nitrogen and oxygen atoms in total. The fourth-order valence-electron chi connectivity index (χ4n) is 2.46. The van der Waals surface area contributed by atoms with E-state index in [0.717, 1.165) is 11.1 Å². The molecule has 0 unspecified atom stereocenters. The number of fused-ring (bicyclic) bond motifs is 1. The zero-order valence-electron chi connectivity index (χ0n) is 11.4. The zero-order valence-corrected chi connectivity index (χ0v) is 11.4. The van der Waals surface area contributed by atoms with Crippen LogP contribution in [0.4, 0.5) is 4.39 Å². The van der Waals surface area contributed by atoms with Crippen molar-refractivity contribution in [1.29, 1.82) is 0 Å². The molecule has 0 spiro atoms. The SMILES string of the molecule is Cc1cc(F)cc(-c2nc3ccccc3n2CC(=O)O)c1. The van der Waals surface area contributed by atoms with E-state index in [-0.39, 0.29) is 12.4 Å². The minimum Gasteiger partial charge on any atom is -0.480 e. The van der Waals surface area contributed by atoms with E-state index in [4.69, 9.17) is 5.11 Å². The van der Waals surface area contributed by atoms with E-state index in [1.165, 1.54) is 12.1 Å². The van der Waals surface area contributed by atoms with E-state index >= 15 is 0 Å². The third-order valence-electron chi connectivity index (χ3n) is 3.25. The normalized spacial score (nSPS) is 11.0. The first-order valence-electron chi connectivity index (χ1n) is 6.49. The van der Waals surface area contributed by atoms with Gasteiger partial charge in [-0.25, -0.2) is 9.37 Å². The minimum absolute atomic E-state index is 0.217. The monoisotopic (exact) mass is 284 g/mol. The van der Waals surface area contributed by atoms with E-state index < -0.39 is 5.97 Å². The second kappa shape index (κ2) is 5.01. The van der Waals surface area contributed by atoms with Crippen LogP contribution in [0.3, 0.4) is 0 Å². The fraction of sp³-hybridized carbons (Fsp3) is 0.125. The predicted octanol–water partition coefficient (Wildman–Crippen LogP) is 3.24. The average Bonchev–Trinajstić information content (AvgIpc) is 2.76. The number of nitrogens with zero attached hydrogens (tertiary/aromatic N) is 2. The van der Waals surface area contributed by atoms with Gasteiger partial charge in [0.2, 0.25) is 0 Å². The van der Waals surface area contributed by atoms with Crippen LogP contribution in [0.1, 0.15) is 5.56 Å². The van der Waals surface area contributed by atoms with Crippen LogP contribution in [0.25, 0.3) is 22.4 Å². The number of halogens is 1. The lowest BCUT2D eigenvalue weighted by Gasteiger charge is -2.07. The van der Waals surface area contributed by atoms with Crippen LogP contribution in [0.15, 0.2) is 42.5 Å². The van der Waals surface area contributed by atoms with Crippen LogP contribution in [0.2, 0.25) is 0 Å². The molecule has 0 saturated carbocycles. The number of aliphatic carboxylic acids is 1. The average molecular weight is 284 g/mol. The Balaban J connectivity index is 2.27. The summed E-state index contributed by atoms with van der Waals surface area (Å²) >= 11 is 0. The van der Waals surface area contributed by atoms with Crippen molar-refractivity contribution in [3.05, 3.63) is 53.8 Å². The molecule has 2 aromatic carbocycles. The Labute approximate surface area is 120 Å². The smallest absolute Gasteiger partial charge is 0.323 e. The van der Waals surface area contributed by atoms with E-state index in [1.807, 2.05) is 18.2 Å². The number of carboxylic acids is 1. The van der Waals surface area contributed by atoms with Gasteiger partial charge in [0.25, 0.3) is 0 Å². The number of hydrogen-bond donors (Lipinski definition) is 1. The second-order valence-corrected chi connectivity index (χ2v) is 4.92. The maximum absolute atomic E-state index is 13.6. The molecule has 0 atom stereocenters. The largest absolute Gasteiger partial charge is 0.480 e. The summed E-state index contributed by atoms with van der Waals surface area (Å²) in [7, 11) is 0. The number of para-hydroxylation sites is 2. The zero-order chi connectivity index (χ0) is 15.0. The number of hydrogen-bond acceptors (Lipinski definition) is 2. The lowest BCUT2D eigenvalue weighted by atomic mass is 10.1. The van der Waals surface area contributed by atoms with Gasteiger partial charge in [-0.1, -0.05) is 12.1 Å². The molecule has 1 heterocycles. The number of benzene rings is 2. The van der Waals surface area contributed by atoms with Gasteiger partial charge in [0, 0.05) is 5.56 Å². The third kappa shape index (κ3) is 2.50. The molecule has 21 heavy (non-hydrogen) atoms. The first kappa shape index (κ1) is 13.3. The lowest BCUT2D eigenvalue weighted by Crippen LogP contribution is -2.10. The van der Waals surface area contributed by atoms with Crippen molar-refractivity contribution in [3.8, 4) is 11.4 Å². The van der Waals surface area contributed by atoms with Crippen molar-refractivity contribution in [2.45, 2.75) is 13.5 Å². The van der Waals surface area contributed by atoms with Gasteiger partial charge in [-0.05, 0) is 42.8 Å². The van der Waals surface area contributed by atoms with Crippen LogP contribution in [0, 0.1) is 12.7 Å². The molecule has 0 aliphatic rings. The Bertz CT molecular complexity index is 819. The Morgan fingerprint density at radius 1 is 1.29 bits per heavy atom. The Kier molecular flexibility index (Phi) is 3.17. The molecule has 0 aliphatic carbocycles.